The predicted octanol–water partition coefficient (Wildman–Crippen LogP) is 1.51. The number of nitrogens with zero attached hydrogens (tertiary/aromatic N) is 4. The van der Waals surface area contributed by atoms with E-state index in [-0.39, 0.29) is 0 Å². The van der Waals surface area contributed by atoms with Crippen LogP contribution in [-0.2, 0) is 0 Å². The Morgan fingerprint density at radius 1 is 1.57 bits per heavy atom. The van der Waals surface area contributed by atoms with Crippen molar-refractivity contribution in [2.45, 2.75) is 36.9 Å². The molecule has 1 fully saturated rings. The van der Waals surface area contributed by atoms with Gasteiger partial charge in [-0.1, -0.05) is 11.8 Å². The Balaban J connectivity index is 1.83. The fraction of sp³-hybridized carbons (Fsp3) is 0.667. The van der Waals surface area contributed by atoms with E-state index in [4.69, 9.17) is 6.42 Å². The first kappa shape index (κ1) is 9.53. The second-order valence-electron chi connectivity index (χ2n) is 3.29. The molecule has 0 N–H and O–H groups in total. The predicted molar refractivity (Wildman–Crippen MR) is 54.9 cm³/mol. The Labute approximate surface area is 87.5 Å². The van der Waals surface area contributed by atoms with E-state index in [1.165, 1.54) is 12.8 Å². The van der Waals surface area contributed by atoms with Gasteiger partial charge in [0.05, 0.1) is 6.04 Å². The summed E-state index contributed by atoms with van der Waals surface area (Å²) in [7, 11) is 0. The third kappa shape index (κ3) is 2.26. The molecule has 0 aromatic carbocycles. The fourth-order valence-corrected chi connectivity index (χ4v) is 2.05. The molecule has 0 bridgehead atoms. The van der Waals surface area contributed by atoms with Crippen molar-refractivity contribution in [3.63, 3.8) is 0 Å². The van der Waals surface area contributed by atoms with Gasteiger partial charge < -0.3 is 0 Å². The lowest BCUT2D eigenvalue weighted by molar-refractivity contribution is 0.565. The van der Waals surface area contributed by atoms with E-state index in [0.29, 0.717) is 6.04 Å². The van der Waals surface area contributed by atoms with Gasteiger partial charge in [0.15, 0.2) is 0 Å². The molecule has 1 aromatic rings. The molecule has 74 valence electrons. The van der Waals surface area contributed by atoms with Gasteiger partial charge in [0.1, 0.15) is 0 Å². The number of rotatable bonds is 5. The lowest BCUT2D eigenvalue weighted by atomic mass is 10.4. The number of thioether (sulfide) groups is 1. The molecule has 0 unspecified atom stereocenters. The van der Waals surface area contributed by atoms with Crippen molar-refractivity contribution in [1.82, 2.24) is 20.2 Å². The Hall–Kier alpha value is -1.02. The molecule has 1 aromatic heterocycles. The maximum Gasteiger partial charge on any atom is 0.209 e. The minimum Gasteiger partial charge on any atom is -0.217 e. The van der Waals surface area contributed by atoms with Crippen LogP contribution in [0.1, 0.15) is 31.7 Å². The third-order valence-electron chi connectivity index (χ3n) is 2.05. The van der Waals surface area contributed by atoms with E-state index in [9.17, 15) is 0 Å². The minimum absolute atomic E-state index is 0.556. The third-order valence-corrected chi connectivity index (χ3v) is 3.07. The molecule has 0 amide bonds. The van der Waals surface area contributed by atoms with Crippen molar-refractivity contribution in [3.8, 4) is 12.3 Å². The van der Waals surface area contributed by atoms with E-state index in [1.54, 1.807) is 11.8 Å². The molecule has 5 heteroatoms. The second-order valence-corrected chi connectivity index (χ2v) is 4.36. The number of hydrogen-bond acceptors (Lipinski definition) is 4. The first-order chi connectivity index (χ1) is 6.92. The van der Waals surface area contributed by atoms with Gasteiger partial charge in [-0.2, -0.15) is 0 Å². The van der Waals surface area contributed by atoms with Gasteiger partial charge in [-0.15, -0.1) is 17.4 Å². The van der Waals surface area contributed by atoms with Gasteiger partial charge in [-0.05, 0) is 29.7 Å². The second kappa shape index (κ2) is 4.47. The number of hydrogen-bond donors (Lipinski definition) is 0. The number of terminal acetylenes is 1. The lowest BCUT2D eigenvalue weighted by Crippen LogP contribution is -1.98. The minimum atomic E-state index is 0.556. The molecule has 4 nitrogen and oxygen atoms in total. The van der Waals surface area contributed by atoms with Crippen LogP contribution in [0.2, 0.25) is 0 Å². The van der Waals surface area contributed by atoms with Crippen LogP contribution in [0, 0.1) is 12.3 Å². The van der Waals surface area contributed by atoms with Crippen molar-refractivity contribution in [1.29, 1.82) is 0 Å². The Morgan fingerprint density at radius 3 is 3.14 bits per heavy atom. The highest BCUT2D eigenvalue weighted by atomic mass is 32.2. The number of tetrazole rings is 1. The highest BCUT2D eigenvalue weighted by Crippen LogP contribution is 2.36. The van der Waals surface area contributed by atoms with Crippen LogP contribution >= 0.6 is 11.8 Å². The first-order valence-electron chi connectivity index (χ1n) is 4.76. The summed E-state index contributed by atoms with van der Waals surface area (Å²) in [5.41, 5.74) is 0. The van der Waals surface area contributed by atoms with E-state index >= 15 is 0 Å². The van der Waals surface area contributed by atoms with Gasteiger partial charge >= 0.3 is 0 Å². The van der Waals surface area contributed by atoms with Crippen LogP contribution < -0.4 is 0 Å². The van der Waals surface area contributed by atoms with E-state index in [1.807, 2.05) is 4.68 Å². The zero-order valence-corrected chi connectivity index (χ0v) is 8.70. The average molecular weight is 208 g/mol. The molecule has 2 rings (SSSR count). The molecule has 1 saturated carbocycles. The van der Waals surface area contributed by atoms with E-state index in [2.05, 4.69) is 21.4 Å². The molecule has 0 radical (unpaired) electrons. The van der Waals surface area contributed by atoms with E-state index < -0.39 is 0 Å². The average Bonchev–Trinajstić information content (AvgIpc) is 2.94. The molecule has 0 atom stereocenters. The van der Waals surface area contributed by atoms with Gasteiger partial charge in [0.25, 0.3) is 0 Å². The first-order valence-corrected chi connectivity index (χ1v) is 5.74. The van der Waals surface area contributed by atoms with Gasteiger partial charge in [0, 0.05) is 12.2 Å². The zero-order chi connectivity index (χ0) is 9.80. The summed E-state index contributed by atoms with van der Waals surface area (Å²) in [6, 6.07) is 0.556. The summed E-state index contributed by atoms with van der Waals surface area (Å²) in [4.78, 5) is 0. The van der Waals surface area contributed by atoms with Crippen LogP contribution in [0.25, 0.3) is 0 Å². The molecule has 0 spiro atoms. The normalized spacial score (nSPS) is 15.4. The van der Waals surface area contributed by atoms with Gasteiger partial charge in [-0.25, -0.2) is 4.68 Å². The number of aromatic nitrogens is 4. The van der Waals surface area contributed by atoms with Crippen LogP contribution in [0.5, 0.6) is 0 Å². The molecule has 1 heterocycles. The van der Waals surface area contributed by atoms with Crippen molar-refractivity contribution in [2.24, 2.45) is 0 Å². The Bertz CT molecular complexity index is 337. The fourth-order valence-electron chi connectivity index (χ4n) is 1.17. The van der Waals surface area contributed by atoms with Gasteiger partial charge in [-0.3, -0.25) is 0 Å². The molecule has 1 aliphatic carbocycles. The maximum absolute atomic E-state index is 5.17. The summed E-state index contributed by atoms with van der Waals surface area (Å²) in [5, 5.41) is 12.6. The standard InChI is InChI=1S/C9H12N4S/c1-2-3-4-7-14-9-10-11-12-13(9)8-5-6-8/h1,8H,3-7H2. The molecular formula is C9H12N4S. The SMILES string of the molecule is C#CCCCSc1nnnn1C1CC1. The molecule has 0 aliphatic heterocycles. The monoisotopic (exact) mass is 208 g/mol. The van der Waals surface area contributed by atoms with Crippen molar-refractivity contribution < 1.29 is 0 Å². The smallest absolute Gasteiger partial charge is 0.209 e. The van der Waals surface area contributed by atoms with Crippen LogP contribution in [0.15, 0.2) is 5.16 Å². The molecule has 1 aliphatic rings. The van der Waals surface area contributed by atoms with E-state index in [0.717, 1.165) is 23.8 Å². The van der Waals surface area contributed by atoms with Crippen molar-refractivity contribution in [3.05, 3.63) is 0 Å². The zero-order valence-electron chi connectivity index (χ0n) is 7.89. The maximum atomic E-state index is 5.17. The largest absolute Gasteiger partial charge is 0.217 e. The summed E-state index contributed by atoms with van der Waals surface area (Å²) >= 11 is 1.69. The molecular weight excluding hydrogens is 196 g/mol. The van der Waals surface area contributed by atoms with Crippen molar-refractivity contribution >= 4 is 11.8 Å². The highest BCUT2D eigenvalue weighted by Gasteiger charge is 2.27. The Kier molecular flexibility index (Phi) is 3.04. The number of unbranched alkanes of at least 4 members (excludes halogenated alkanes) is 1. The summed E-state index contributed by atoms with van der Waals surface area (Å²) in [6.45, 7) is 0. The Morgan fingerprint density at radius 2 is 2.43 bits per heavy atom. The summed E-state index contributed by atoms with van der Waals surface area (Å²) in [6.07, 6.45) is 9.45. The summed E-state index contributed by atoms with van der Waals surface area (Å²) < 4.78 is 1.93. The van der Waals surface area contributed by atoms with Crippen molar-refractivity contribution in [2.75, 3.05) is 5.75 Å². The summed E-state index contributed by atoms with van der Waals surface area (Å²) in [5.74, 6) is 3.62. The van der Waals surface area contributed by atoms with Gasteiger partial charge in [0.2, 0.25) is 5.16 Å². The molecule has 14 heavy (non-hydrogen) atoms. The molecule has 0 saturated heterocycles. The lowest BCUT2D eigenvalue weighted by Gasteiger charge is -2.00. The van der Waals surface area contributed by atoms with Crippen LogP contribution in [0.3, 0.4) is 0 Å². The van der Waals surface area contributed by atoms with Crippen LogP contribution in [-0.4, -0.2) is 26.0 Å². The van der Waals surface area contributed by atoms with Crippen LogP contribution in [0.4, 0.5) is 0 Å². The highest BCUT2D eigenvalue weighted by molar-refractivity contribution is 7.99. The quantitative estimate of drug-likeness (QED) is 0.418. The topological polar surface area (TPSA) is 43.6 Å².